The van der Waals surface area contributed by atoms with Crippen molar-refractivity contribution in [3.63, 3.8) is 0 Å². The van der Waals surface area contributed by atoms with Crippen molar-refractivity contribution in [3.05, 3.63) is 61.1 Å². The molecule has 0 saturated carbocycles. The van der Waals surface area contributed by atoms with E-state index in [1.54, 1.807) is 0 Å². The highest BCUT2D eigenvalue weighted by Crippen LogP contribution is 2.39. The average molecular weight is 274 g/mol. The van der Waals surface area contributed by atoms with Gasteiger partial charge in [-0.15, -0.1) is 11.3 Å². The monoisotopic (exact) mass is 274 g/mol. The summed E-state index contributed by atoms with van der Waals surface area (Å²) in [5, 5.41) is 5.26. The van der Waals surface area contributed by atoms with Gasteiger partial charge in [0.05, 0.1) is 4.70 Å². The summed E-state index contributed by atoms with van der Waals surface area (Å²) in [5.74, 6) is 0. The molecule has 0 aliphatic heterocycles. The molecular formula is C17H10N2S. The lowest BCUT2D eigenvalue weighted by Crippen LogP contribution is -1.80. The number of hydrogen-bond donors (Lipinski definition) is 0. The van der Waals surface area contributed by atoms with Gasteiger partial charge in [-0.05, 0) is 16.8 Å². The maximum absolute atomic E-state index is 4.50. The van der Waals surface area contributed by atoms with E-state index in [9.17, 15) is 0 Å². The Kier molecular flexibility index (Phi) is 1.86. The fourth-order valence-corrected chi connectivity index (χ4v) is 4.27. The molecule has 0 radical (unpaired) electrons. The Morgan fingerprint density at radius 2 is 1.70 bits per heavy atom. The van der Waals surface area contributed by atoms with Gasteiger partial charge in [0.1, 0.15) is 0 Å². The molecule has 3 aromatic heterocycles. The van der Waals surface area contributed by atoms with Gasteiger partial charge in [0, 0.05) is 34.1 Å². The van der Waals surface area contributed by atoms with Crippen molar-refractivity contribution in [2.75, 3.05) is 0 Å². The Morgan fingerprint density at radius 3 is 2.70 bits per heavy atom. The van der Waals surface area contributed by atoms with Gasteiger partial charge in [-0.2, -0.15) is 0 Å². The standard InChI is InChI=1S/C17H10N2S/c1-2-4-12-11(3-1)5-6-13-14-7-9-19-10-8-18-17(19)16(14)20-15(12)13/h1-10H. The third kappa shape index (κ3) is 1.20. The van der Waals surface area contributed by atoms with Crippen molar-refractivity contribution in [2.24, 2.45) is 0 Å². The lowest BCUT2D eigenvalue weighted by Gasteiger charge is -1.98. The van der Waals surface area contributed by atoms with Gasteiger partial charge in [-0.1, -0.05) is 36.4 Å². The second kappa shape index (κ2) is 3.58. The van der Waals surface area contributed by atoms with E-state index < -0.39 is 0 Å². The summed E-state index contributed by atoms with van der Waals surface area (Å²) >= 11 is 1.84. The van der Waals surface area contributed by atoms with Crippen LogP contribution >= 0.6 is 11.3 Å². The zero-order valence-corrected chi connectivity index (χ0v) is 11.4. The van der Waals surface area contributed by atoms with Crippen LogP contribution in [0.4, 0.5) is 0 Å². The Morgan fingerprint density at radius 1 is 0.800 bits per heavy atom. The molecule has 0 aliphatic rings. The average Bonchev–Trinajstić information content (AvgIpc) is 3.10. The molecule has 0 bridgehead atoms. The number of benzene rings is 2. The summed E-state index contributed by atoms with van der Waals surface area (Å²) in [4.78, 5) is 4.50. The van der Waals surface area contributed by atoms with Gasteiger partial charge in [0.15, 0.2) is 5.65 Å². The van der Waals surface area contributed by atoms with Crippen LogP contribution in [0.25, 0.3) is 36.6 Å². The first kappa shape index (κ1) is 10.4. The Bertz CT molecular complexity index is 1100. The number of aromatic nitrogens is 2. The SMILES string of the molecule is c1ccc2c(c1)ccc1c3ccn4ccnc4c3sc21. The highest BCUT2D eigenvalue weighted by molar-refractivity contribution is 7.27. The predicted octanol–water partition coefficient (Wildman–Crippen LogP) is 4.86. The van der Waals surface area contributed by atoms with Gasteiger partial charge in [0.25, 0.3) is 0 Å². The normalized spacial score (nSPS) is 12.0. The van der Waals surface area contributed by atoms with Crippen molar-refractivity contribution in [2.45, 2.75) is 0 Å². The predicted molar refractivity (Wildman–Crippen MR) is 85.6 cm³/mol. The lowest BCUT2D eigenvalue weighted by atomic mass is 10.1. The van der Waals surface area contributed by atoms with E-state index in [0.717, 1.165) is 5.65 Å². The van der Waals surface area contributed by atoms with E-state index in [1.807, 2.05) is 23.7 Å². The van der Waals surface area contributed by atoms with E-state index in [0.29, 0.717) is 0 Å². The first-order chi connectivity index (χ1) is 9.92. The summed E-state index contributed by atoms with van der Waals surface area (Å²) in [6.45, 7) is 0. The van der Waals surface area contributed by atoms with Crippen LogP contribution in [0.1, 0.15) is 0 Å². The highest BCUT2D eigenvalue weighted by Gasteiger charge is 2.11. The van der Waals surface area contributed by atoms with Crippen LogP contribution in [0.3, 0.4) is 0 Å². The molecule has 0 spiro atoms. The molecule has 0 amide bonds. The molecular weight excluding hydrogens is 264 g/mol. The molecule has 5 aromatic rings. The summed E-state index contributed by atoms with van der Waals surface area (Å²) in [6.07, 6.45) is 5.94. The number of rotatable bonds is 0. The second-order valence-corrected chi connectivity index (χ2v) is 6.00. The zero-order valence-electron chi connectivity index (χ0n) is 10.6. The van der Waals surface area contributed by atoms with Gasteiger partial charge < -0.3 is 4.40 Å². The van der Waals surface area contributed by atoms with E-state index in [1.165, 1.54) is 30.9 Å². The fourth-order valence-electron chi connectivity index (χ4n) is 2.94. The van der Waals surface area contributed by atoms with E-state index in [-0.39, 0.29) is 0 Å². The topological polar surface area (TPSA) is 17.3 Å². The minimum atomic E-state index is 1.05. The Hall–Kier alpha value is -2.39. The van der Waals surface area contributed by atoms with Gasteiger partial charge in [0.2, 0.25) is 0 Å². The number of hydrogen-bond acceptors (Lipinski definition) is 2. The van der Waals surface area contributed by atoms with Crippen molar-refractivity contribution >= 4 is 47.9 Å². The molecule has 94 valence electrons. The number of fused-ring (bicyclic) bond motifs is 7. The smallest absolute Gasteiger partial charge is 0.154 e. The second-order valence-electron chi connectivity index (χ2n) is 4.98. The number of pyridine rings is 1. The molecule has 0 fully saturated rings. The van der Waals surface area contributed by atoms with E-state index in [2.05, 4.69) is 58.0 Å². The molecule has 3 heterocycles. The summed E-state index contributed by atoms with van der Waals surface area (Å²) < 4.78 is 4.71. The fraction of sp³-hybridized carbons (Fsp3) is 0. The van der Waals surface area contributed by atoms with Crippen LogP contribution in [-0.2, 0) is 0 Å². The first-order valence-corrected chi connectivity index (χ1v) is 7.39. The molecule has 5 rings (SSSR count). The molecule has 0 aliphatic carbocycles. The maximum Gasteiger partial charge on any atom is 0.154 e. The molecule has 20 heavy (non-hydrogen) atoms. The van der Waals surface area contributed by atoms with Crippen LogP contribution in [0, 0.1) is 0 Å². The highest BCUT2D eigenvalue weighted by atomic mass is 32.1. The number of imidazole rings is 1. The van der Waals surface area contributed by atoms with Crippen LogP contribution in [-0.4, -0.2) is 9.38 Å². The Labute approximate surface area is 118 Å². The third-order valence-electron chi connectivity index (χ3n) is 3.89. The van der Waals surface area contributed by atoms with E-state index in [4.69, 9.17) is 0 Å². The third-order valence-corrected chi connectivity index (χ3v) is 5.14. The van der Waals surface area contributed by atoms with Crippen molar-refractivity contribution in [1.29, 1.82) is 0 Å². The van der Waals surface area contributed by atoms with Crippen LogP contribution in [0.2, 0.25) is 0 Å². The summed E-state index contributed by atoms with van der Waals surface area (Å²) in [7, 11) is 0. The lowest BCUT2D eigenvalue weighted by molar-refractivity contribution is 1.21. The quantitative estimate of drug-likeness (QED) is 0.394. The number of thiophene rings is 1. The molecule has 0 atom stereocenters. The van der Waals surface area contributed by atoms with Gasteiger partial charge in [-0.25, -0.2) is 4.98 Å². The minimum Gasteiger partial charge on any atom is -0.306 e. The molecule has 2 nitrogen and oxygen atoms in total. The van der Waals surface area contributed by atoms with Crippen molar-refractivity contribution in [3.8, 4) is 0 Å². The summed E-state index contributed by atoms with van der Waals surface area (Å²) in [5.41, 5.74) is 1.05. The molecule has 0 unspecified atom stereocenters. The van der Waals surface area contributed by atoms with E-state index >= 15 is 0 Å². The molecule has 0 N–H and O–H groups in total. The molecule has 3 heteroatoms. The van der Waals surface area contributed by atoms with Crippen LogP contribution in [0.5, 0.6) is 0 Å². The van der Waals surface area contributed by atoms with Crippen molar-refractivity contribution in [1.82, 2.24) is 9.38 Å². The maximum atomic E-state index is 4.50. The largest absolute Gasteiger partial charge is 0.306 e. The molecule has 2 aromatic carbocycles. The van der Waals surface area contributed by atoms with Gasteiger partial charge >= 0.3 is 0 Å². The minimum absolute atomic E-state index is 1.05. The number of nitrogens with zero attached hydrogens (tertiary/aromatic N) is 2. The van der Waals surface area contributed by atoms with Crippen LogP contribution < -0.4 is 0 Å². The molecule has 0 saturated heterocycles. The van der Waals surface area contributed by atoms with Gasteiger partial charge in [-0.3, -0.25) is 0 Å². The van der Waals surface area contributed by atoms with Crippen molar-refractivity contribution < 1.29 is 0 Å². The first-order valence-electron chi connectivity index (χ1n) is 6.57. The zero-order chi connectivity index (χ0) is 13.1. The summed E-state index contributed by atoms with van der Waals surface area (Å²) in [6, 6.07) is 15.2. The van der Waals surface area contributed by atoms with Crippen LogP contribution in [0.15, 0.2) is 61.1 Å². The Balaban J connectivity index is 2.12.